The highest BCUT2D eigenvalue weighted by Gasteiger charge is 2.26. The number of hydrogen-bond donors (Lipinski definition) is 10. The second kappa shape index (κ2) is 71.9. The number of benzene rings is 1. The number of carbonyl (C=O) groups excluding carboxylic acids is 7. The number of carbonyl (C=O) groups is 17. The Morgan fingerprint density at radius 1 is 0.347 bits per heavy atom. The van der Waals surface area contributed by atoms with Gasteiger partial charge < -0.3 is 98.9 Å². The van der Waals surface area contributed by atoms with Crippen molar-refractivity contribution in [3.8, 4) is 0 Å². The highest BCUT2D eigenvalue weighted by atomic mass is 16.6. The van der Waals surface area contributed by atoms with Crippen molar-refractivity contribution in [3.63, 3.8) is 0 Å². The van der Waals surface area contributed by atoms with E-state index in [9.17, 15) is 71.9 Å². The number of carboxylic acid groups (broad SMARTS) is 10. The largest absolute Gasteiger partial charge is 0.481 e. The molecule has 0 saturated carbocycles. The van der Waals surface area contributed by atoms with Crippen molar-refractivity contribution in [1.82, 2.24) is 68.6 Å². The van der Waals surface area contributed by atoms with Gasteiger partial charge in [-0.05, 0) is 39.5 Å². The molecule has 1 aromatic carbocycles. The van der Waals surface area contributed by atoms with Crippen molar-refractivity contribution in [2.24, 2.45) is 0 Å². The molecule has 674 valence electrons. The van der Waals surface area contributed by atoms with Gasteiger partial charge in [-0.1, -0.05) is 36.8 Å². The maximum atomic E-state index is 11.1. The maximum absolute atomic E-state index is 11.1. The van der Waals surface area contributed by atoms with Crippen LogP contribution >= 0.6 is 0 Å². The van der Waals surface area contributed by atoms with Gasteiger partial charge in [0.25, 0.3) is 57.2 Å². The van der Waals surface area contributed by atoms with E-state index in [2.05, 4.69) is 14.4 Å². The maximum Gasteiger partial charge on any atom is 0.317 e. The minimum absolute atomic E-state index is 0.0324. The van der Waals surface area contributed by atoms with Crippen LogP contribution in [0.1, 0.15) is 31.9 Å². The molecule has 2 fully saturated rings. The average Bonchev–Trinajstić information content (AvgIpc) is 0.866. The molecule has 118 heavy (non-hydrogen) atoms. The average molecular weight is 1700 g/mol. The van der Waals surface area contributed by atoms with Crippen molar-refractivity contribution in [3.05, 3.63) is 35.4 Å². The smallest absolute Gasteiger partial charge is 0.317 e. The van der Waals surface area contributed by atoms with E-state index in [1.54, 1.807) is 31.5 Å². The number of hydrogen-bond acceptors (Lipinski definition) is 38. The minimum atomic E-state index is -1.10. The molecule has 48 heteroatoms. The lowest BCUT2D eigenvalue weighted by atomic mass is 10.0. The van der Waals surface area contributed by atoms with E-state index < -0.39 is 59.7 Å². The van der Waals surface area contributed by atoms with Gasteiger partial charge in [-0.15, -0.1) is 0 Å². The van der Waals surface area contributed by atoms with Gasteiger partial charge in [-0.25, -0.2) is 9.80 Å². The minimum Gasteiger partial charge on any atom is -0.481 e. The Kier molecular flexibility index (Phi) is 68.1. The van der Waals surface area contributed by atoms with Crippen LogP contribution in [0.4, 0.5) is 0 Å². The lowest BCUT2D eigenvalue weighted by Crippen LogP contribution is -2.48. The fraction of sp³-hybridized carbons (Fsp3) is 0.671. The third-order valence-corrected chi connectivity index (χ3v) is 16.4. The summed E-state index contributed by atoms with van der Waals surface area (Å²) in [5, 5.41) is 86.7. The zero-order valence-corrected chi connectivity index (χ0v) is 67.7. The molecule has 1 atom stereocenters. The summed E-state index contributed by atoms with van der Waals surface area (Å²) in [5.41, 5.74) is 2.15. The van der Waals surface area contributed by atoms with Gasteiger partial charge in [0.15, 0.2) is 0 Å². The van der Waals surface area contributed by atoms with Crippen molar-refractivity contribution in [2.45, 2.75) is 40.2 Å². The molecule has 1 unspecified atom stereocenters. The molecule has 10 N–H and O–H groups in total. The van der Waals surface area contributed by atoms with Gasteiger partial charge in [0.1, 0.15) is 47.1 Å². The molecule has 1 aromatic rings. The number of carboxylic acids is 10. The zero-order valence-electron chi connectivity index (χ0n) is 67.7. The first-order valence-electron chi connectivity index (χ1n) is 36.6. The van der Waals surface area contributed by atoms with Crippen molar-refractivity contribution in [1.29, 1.82) is 0 Å². The van der Waals surface area contributed by atoms with Crippen LogP contribution in [0.5, 0.6) is 0 Å². The Hall–Kier alpha value is -10.3. The highest BCUT2D eigenvalue weighted by molar-refractivity contribution is 5.73. The van der Waals surface area contributed by atoms with Gasteiger partial charge in [0.2, 0.25) is 0 Å². The summed E-state index contributed by atoms with van der Waals surface area (Å²) in [7, 11) is 3.60. The van der Waals surface area contributed by atoms with Crippen LogP contribution < -0.4 is 0 Å². The van der Waals surface area contributed by atoms with Crippen LogP contribution in [-0.2, 0) is 121 Å². The molecule has 3 rings (SSSR count). The van der Waals surface area contributed by atoms with E-state index in [1.165, 1.54) is 9.80 Å². The van der Waals surface area contributed by atoms with Gasteiger partial charge >= 0.3 is 47.8 Å². The number of likely N-dealkylation sites (N-methyl/N-ethyl adjacent to an activating group) is 3. The molecule has 2 aliphatic heterocycles. The third-order valence-electron chi connectivity index (χ3n) is 16.4. The van der Waals surface area contributed by atoms with Crippen LogP contribution in [0, 0.1) is 6.92 Å². The van der Waals surface area contributed by atoms with E-state index in [1.807, 2.05) is 74.6 Å². The summed E-state index contributed by atoms with van der Waals surface area (Å²) < 4.78 is 33.5. The molecule has 0 aromatic heterocycles. The van der Waals surface area contributed by atoms with E-state index in [0.29, 0.717) is 163 Å². The highest BCUT2D eigenvalue weighted by Crippen LogP contribution is 2.14. The van der Waals surface area contributed by atoms with Crippen molar-refractivity contribution in [2.75, 3.05) is 271 Å². The van der Waals surface area contributed by atoms with Gasteiger partial charge in [0.05, 0.1) is 52.4 Å². The topological polar surface area (TPSA) is 602 Å². The zero-order chi connectivity index (χ0) is 89.6. The van der Waals surface area contributed by atoms with E-state index in [4.69, 9.17) is 84.3 Å². The van der Waals surface area contributed by atoms with E-state index in [-0.39, 0.29) is 132 Å². The fourth-order valence-corrected chi connectivity index (χ4v) is 10.6. The number of nitrogens with zero attached hydrogens (tertiary/aromatic N) is 14. The summed E-state index contributed by atoms with van der Waals surface area (Å²) in [4.78, 5) is 204. The number of rotatable bonds is 52. The summed E-state index contributed by atoms with van der Waals surface area (Å²) in [6, 6.07) is 7.74. The van der Waals surface area contributed by atoms with Gasteiger partial charge in [-0.3, -0.25) is 126 Å². The molecular weight excluding hydrogens is 1580 g/mol. The molecule has 0 spiro atoms. The first kappa shape index (κ1) is 112. The quantitative estimate of drug-likeness (QED) is 0.0165. The standard InChI is InChI=1S/C21H31N3O8.C16H28N4O8.C16H30N4O6.C13H23N3O8.2C2H4O2/c1-17-3-5-18(6-4-17)9-19(24(13-31-15-25)14-32-16-26)10-22(2)7-8-23(11-20(27)28)12-21(29)30;21-13-27-11-19-5-3-17(9-15(23)24)1-2-18(10-16(25)26)4-6-20(8-7-19)12-28-14-22;1-2-17-3-5-18(11-15(22)23)6-7-19(12-16(24)25)8-10-20(9-4-17)13-26-14-21;1-14(2-4-15(6-12(19)20)7-13(21)22)3-5-16(8-23-10-17)9-24-11-18;2*1-2(3)4/h3-6,15-16,19H,7-14H2,1-2H3,(H,27,28)(H,29,30);13-14H,1-12H2,(H,23,24)(H,25,26);14H,2-13H2,1H3,(H,22,23)(H,24,25);10-11H,2-9H2,1H3,(H,19,20)(H,21,22);2*1H3,(H,3,4). The molecule has 2 saturated heterocycles. The molecule has 0 bridgehead atoms. The van der Waals surface area contributed by atoms with Gasteiger partial charge in [0, 0.05) is 170 Å². The summed E-state index contributed by atoms with van der Waals surface area (Å²) in [6.07, 6.45) is 0.572. The Bertz CT molecular complexity index is 2910. The first-order valence-corrected chi connectivity index (χ1v) is 36.6. The molecular formula is C70H120N14O34. The number of aryl methyl sites for hydroxylation is 1. The number of ether oxygens (including phenoxy) is 7. The van der Waals surface area contributed by atoms with Crippen molar-refractivity contribution >= 4 is 105 Å². The summed E-state index contributed by atoms with van der Waals surface area (Å²) in [5.74, 6) is -9.81. The SMILES string of the molecule is CC(=O)O.CC(=O)O.CCN1CCN(COC=O)CCN(CC(=O)O)CCN(CC(=O)O)CC1.CN(CCN(COC=O)COC=O)CCN(CC(=O)O)CC(=O)O.Cc1ccc(CC(CN(C)CCN(CC(=O)O)CC(=O)O)N(COC=O)COC=O)cc1.O=COCN1CCN(COC=O)CCN(CC(=O)O)CCN(CC(=O)O)CC1. The predicted octanol–water partition coefficient (Wildman–Crippen LogP) is -5.83. The molecule has 0 amide bonds. The summed E-state index contributed by atoms with van der Waals surface area (Å²) in [6.45, 7) is 18.6. The Morgan fingerprint density at radius 2 is 0.593 bits per heavy atom. The summed E-state index contributed by atoms with van der Waals surface area (Å²) >= 11 is 0. The molecule has 0 radical (unpaired) electrons. The first-order chi connectivity index (χ1) is 56.0. The predicted molar refractivity (Wildman–Crippen MR) is 410 cm³/mol. The molecule has 2 heterocycles. The second-order valence-corrected chi connectivity index (χ2v) is 26.1. The van der Waals surface area contributed by atoms with Crippen molar-refractivity contribution < 1.29 is 166 Å². The van der Waals surface area contributed by atoms with E-state index in [0.717, 1.165) is 44.6 Å². The Morgan fingerprint density at radius 3 is 0.847 bits per heavy atom. The Balaban J connectivity index is -0.00000145. The molecule has 0 aliphatic carbocycles. The van der Waals surface area contributed by atoms with Crippen LogP contribution in [0.3, 0.4) is 0 Å². The van der Waals surface area contributed by atoms with Crippen LogP contribution in [0.15, 0.2) is 24.3 Å². The fourth-order valence-electron chi connectivity index (χ4n) is 10.6. The number of aliphatic carboxylic acids is 10. The van der Waals surface area contributed by atoms with Crippen LogP contribution in [-0.4, -0.2) is 501 Å². The third kappa shape index (κ3) is 69.9. The Labute approximate surface area is 683 Å². The second-order valence-electron chi connectivity index (χ2n) is 26.1. The lowest BCUT2D eigenvalue weighted by Gasteiger charge is -2.33. The van der Waals surface area contributed by atoms with Gasteiger partial charge in [-0.2, -0.15) is 0 Å². The molecule has 2 aliphatic rings. The van der Waals surface area contributed by atoms with E-state index >= 15 is 0 Å². The normalized spacial score (nSPS) is 14.8. The molecule has 48 nitrogen and oxygen atoms in total. The van der Waals surface area contributed by atoms with Crippen LogP contribution in [0.25, 0.3) is 0 Å². The monoisotopic (exact) mass is 1700 g/mol. The van der Waals surface area contributed by atoms with Crippen LogP contribution in [0.2, 0.25) is 0 Å². The lowest BCUT2D eigenvalue weighted by molar-refractivity contribution is -0.146.